The number of amides is 1. The molecule has 0 bridgehead atoms. The van der Waals surface area contributed by atoms with Crippen molar-refractivity contribution in [1.82, 2.24) is 5.32 Å². The fourth-order valence-corrected chi connectivity index (χ4v) is 1.20. The molecule has 0 saturated carbocycles. The molecule has 1 aliphatic heterocycles. The summed E-state index contributed by atoms with van der Waals surface area (Å²) in [6.07, 6.45) is 0.269. The van der Waals surface area contributed by atoms with Gasteiger partial charge in [0, 0.05) is 17.3 Å². The average Bonchev–Trinajstić information content (AvgIpc) is 1.85. The van der Waals surface area contributed by atoms with Crippen LogP contribution in [0.4, 0.5) is 0 Å². The molecule has 1 heterocycles. The molecule has 0 aromatic carbocycles. The first-order chi connectivity index (χ1) is 5.11. The predicted molar refractivity (Wildman–Crippen MR) is 37.6 cm³/mol. The van der Waals surface area contributed by atoms with Crippen LogP contribution in [0, 0.1) is 16.0 Å². The first-order valence-electron chi connectivity index (χ1n) is 3.51. The molecule has 0 aromatic heterocycles. The Balaban J connectivity index is 2.57. The second-order valence-corrected chi connectivity index (χ2v) is 2.84. The summed E-state index contributed by atoms with van der Waals surface area (Å²) < 4.78 is 0. The number of nitro groups is 1. The number of nitrogens with zero attached hydrogens (tertiary/aromatic N) is 1. The number of piperidine rings is 1. The zero-order chi connectivity index (χ0) is 8.43. The van der Waals surface area contributed by atoms with Gasteiger partial charge < -0.3 is 5.32 Å². The van der Waals surface area contributed by atoms with Crippen molar-refractivity contribution >= 4 is 5.91 Å². The molecule has 5 heteroatoms. The Morgan fingerprint density at radius 3 is 2.82 bits per heavy atom. The molecule has 1 amide bonds. The Labute approximate surface area is 63.9 Å². The molecular formula is C6H10N2O3. The van der Waals surface area contributed by atoms with Crippen LogP contribution in [0.1, 0.15) is 13.3 Å². The van der Waals surface area contributed by atoms with Crippen LogP contribution in [0.2, 0.25) is 0 Å². The first kappa shape index (κ1) is 7.97. The molecule has 1 aliphatic rings. The van der Waals surface area contributed by atoms with E-state index < -0.39 is 6.04 Å². The summed E-state index contributed by atoms with van der Waals surface area (Å²) in [4.78, 5) is 20.7. The van der Waals surface area contributed by atoms with Crippen molar-refractivity contribution in [1.29, 1.82) is 0 Å². The second-order valence-electron chi connectivity index (χ2n) is 2.84. The molecule has 5 nitrogen and oxygen atoms in total. The van der Waals surface area contributed by atoms with Gasteiger partial charge in [-0.3, -0.25) is 14.9 Å². The maximum absolute atomic E-state index is 10.7. The SMILES string of the molecule is C[C@@H]1CC(=O)NC[C@H]1[N+](=O)[O-]. The van der Waals surface area contributed by atoms with Crippen molar-refractivity contribution < 1.29 is 9.72 Å². The van der Waals surface area contributed by atoms with Gasteiger partial charge in [-0.15, -0.1) is 0 Å². The van der Waals surface area contributed by atoms with E-state index in [2.05, 4.69) is 5.32 Å². The number of carbonyl (C=O) groups excluding carboxylic acids is 1. The molecule has 1 saturated heterocycles. The normalized spacial score (nSPS) is 31.2. The number of hydrogen-bond donors (Lipinski definition) is 1. The van der Waals surface area contributed by atoms with Gasteiger partial charge in [-0.05, 0) is 0 Å². The van der Waals surface area contributed by atoms with E-state index >= 15 is 0 Å². The minimum Gasteiger partial charge on any atom is -0.349 e. The monoisotopic (exact) mass is 158 g/mol. The van der Waals surface area contributed by atoms with E-state index in [1.54, 1.807) is 6.92 Å². The number of carbonyl (C=O) groups is 1. The van der Waals surface area contributed by atoms with Gasteiger partial charge in [-0.25, -0.2) is 0 Å². The molecule has 1 rings (SSSR count). The van der Waals surface area contributed by atoms with E-state index in [9.17, 15) is 14.9 Å². The molecule has 62 valence electrons. The van der Waals surface area contributed by atoms with Gasteiger partial charge in [0.1, 0.15) is 0 Å². The van der Waals surface area contributed by atoms with Crippen LogP contribution in [-0.4, -0.2) is 23.4 Å². The lowest BCUT2D eigenvalue weighted by Crippen LogP contribution is -2.46. The molecule has 0 spiro atoms. The lowest BCUT2D eigenvalue weighted by Gasteiger charge is -2.21. The van der Waals surface area contributed by atoms with E-state index in [0.717, 1.165) is 0 Å². The summed E-state index contributed by atoms with van der Waals surface area (Å²) in [7, 11) is 0. The summed E-state index contributed by atoms with van der Waals surface area (Å²) in [5.74, 6) is -0.227. The fraction of sp³-hybridized carbons (Fsp3) is 0.833. The number of rotatable bonds is 1. The Hall–Kier alpha value is -1.13. The van der Waals surface area contributed by atoms with Gasteiger partial charge in [-0.2, -0.15) is 0 Å². The lowest BCUT2D eigenvalue weighted by atomic mass is 9.95. The maximum atomic E-state index is 10.7. The zero-order valence-electron chi connectivity index (χ0n) is 6.24. The molecule has 0 aliphatic carbocycles. The Bertz CT molecular complexity index is 192. The molecule has 0 aromatic rings. The maximum Gasteiger partial charge on any atom is 0.233 e. The minimum absolute atomic E-state index is 0.0874. The van der Waals surface area contributed by atoms with Crippen molar-refractivity contribution in [3.8, 4) is 0 Å². The highest BCUT2D eigenvalue weighted by molar-refractivity contribution is 5.77. The van der Waals surface area contributed by atoms with E-state index in [4.69, 9.17) is 0 Å². The average molecular weight is 158 g/mol. The minimum atomic E-state index is -0.604. The molecular weight excluding hydrogens is 148 g/mol. The van der Waals surface area contributed by atoms with Crippen LogP contribution in [0.25, 0.3) is 0 Å². The molecule has 1 fully saturated rings. The summed E-state index contributed by atoms with van der Waals surface area (Å²) in [6, 6.07) is -0.604. The topological polar surface area (TPSA) is 72.2 Å². The van der Waals surface area contributed by atoms with Crippen molar-refractivity contribution in [2.75, 3.05) is 6.54 Å². The number of nitrogens with one attached hydrogen (secondary N) is 1. The van der Waals surface area contributed by atoms with E-state index in [-0.39, 0.29) is 29.7 Å². The van der Waals surface area contributed by atoms with Crippen molar-refractivity contribution in [3.05, 3.63) is 10.1 Å². The van der Waals surface area contributed by atoms with Gasteiger partial charge in [-0.1, -0.05) is 6.92 Å². The lowest BCUT2D eigenvalue weighted by molar-refractivity contribution is -0.530. The second kappa shape index (κ2) is 2.86. The molecule has 1 N–H and O–H groups in total. The summed E-state index contributed by atoms with van der Waals surface area (Å²) in [5.41, 5.74) is 0. The molecule has 2 atom stereocenters. The van der Waals surface area contributed by atoms with Gasteiger partial charge in [0.2, 0.25) is 11.9 Å². The highest BCUT2D eigenvalue weighted by Crippen LogP contribution is 2.14. The van der Waals surface area contributed by atoms with Crippen molar-refractivity contribution in [3.63, 3.8) is 0 Å². The van der Waals surface area contributed by atoms with Crippen molar-refractivity contribution in [2.24, 2.45) is 5.92 Å². The fourth-order valence-electron chi connectivity index (χ4n) is 1.20. The summed E-state index contributed by atoms with van der Waals surface area (Å²) in [6.45, 7) is 1.90. The Morgan fingerprint density at radius 2 is 2.36 bits per heavy atom. The van der Waals surface area contributed by atoms with Crippen LogP contribution in [0.15, 0.2) is 0 Å². The smallest absolute Gasteiger partial charge is 0.233 e. The zero-order valence-corrected chi connectivity index (χ0v) is 6.24. The van der Waals surface area contributed by atoms with Crippen LogP contribution < -0.4 is 5.32 Å². The summed E-state index contributed by atoms with van der Waals surface area (Å²) >= 11 is 0. The third kappa shape index (κ3) is 1.66. The third-order valence-corrected chi connectivity index (χ3v) is 1.94. The van der Waals surface area contributed by atoms with Crippen LogP contribution in [0.3, 0.4) is 0 Å². The molecule has 11 heavy (non-hydrogen) atoms. The Kier molecular flexibility index (Phi) is 2.07. The summed E-state index contributed by atoms with van der Waals surface area (Å²) in [5, 5.41) is 12.8. The van der Waals surface area contributed by atoms with Crippen LogP contribution in [-0.2, 0) is 4.79 Å². The van der Waals surface area contributed by atoms with E-state index in [1.807, 2.05) is 0 Å². The quantitative estimate of drug-likeness (QED) is 0.424. The van der Waals surface area contributed by atoms with Gasteiger partial charge in [0.15, 0.2) is 0 Å². The third-order valence-electron chi connectivity index (χ3n) is 1.94. The van der Waals surface area contributed by atoms with Crippen LogP contribution in [0.5, 0.6) is 0 Å². The van der Waals surface area contributed by atoms with Crippen LogP contribution >= 0.6 is 0 Å². The highest BCUT2D eigenvalue weighted by Gasteiger charge is 2.33. The Morgan fingerprint density at radius 1 is 1.73 bits per heavy atom. The predicted octanol–water partition coefficient (Wildman–Crippen LogP) is -0.212. The van der Waals surface area contributed by atoms with Gasteiger partial charge in [0.25, 0.3) is 0 Å². The molecule has 0 unspecified atom stereocenters. The van der Waals surface area contributed by atoms with Crippen molar-refractivity contribution in [2.45, 2.75) is 19.4 Å². The standard InChI is InChI=1S/C6H10N2O3/c1-4-2-6(9)7-3-5(4)8(10)11/h4-5H,2-3H2,1H3,(H,7,9)/t4-,5-/m1/s1. The largest absolute Gasteiger partial charge is 0.349 e. The first-order valence-corrected chi connectivity index (χ1v) is 3.51. The molecule has 0 radical (unpaired) electrons. The number of hydrogen-bond acceptors (Lipinski definition) is 3. The van der Waals surface area contributed by atoms with Gasteiger partial charge in [0.05, 0.1) is 6.54 Å². The van der Waals surface area contributed by atoms with E-state index in [0.29, 0.717) is 0 Å². The highest BCUT2D eigenvalue weighted by atomic mass is 16.6. The van der Waals surface area contributed by atoms with Gasteiger partial charge >= 0.3 is 0 Å². The van der Waals surface area contributed by atoms with E-state index in [1.165, 1.54) is 0 Å².